The summed E-state index contributed by atoms with van der Waals surface area (Å²) in [7, 11) is 0. The van der Waals surface area contributed by atoms with Crippen LogP contribution in [0.2, 0.25) is 0 Å². The Morgan fingerprint density at radius 1 is 0.914 bits per heavy atom. The number of hydrogen-bond acceptors (Lipinski definition) is 4. The van der Waals surface area contributed by atoms with Gasteiger partial charge >= 0.3 is 6.09 Å². The van der Waals surface area contributed by atoms with Crippen molar-refractivity contribution >= 4 is 35.0 Å². The van der Waals surface area contributed by atoms with Crippen LogP contribution in [0.25, 0.3) is 11.1 Å². The van der Waals surface area contributed by atoms with E-state index >= 15 is 0 Å². The van der Waals surface area contributed by atoms with E-state index in [1.54, 1.807) is 35.8 Å². The molecule has 0 unspecified atom stereocenters. The van der Waals surface area contributed by atoms with Crippen LogP contribution in [0.5, 0.6) is 0 Å². The highest BCUT2D eigenvalue weighted by molar-refractivity contribution is 6.05. The largest absolute Gasteiger partial charge is 0.446 e. The van der Waals surface area contributed by atoms with Gasteiger partial charge in [0.05, 0.1) is 23.5 Å². The zero-order chi connectivity index (χ0) is 25.1. The number of hydrogen-bond donors (Lipinski definition) is 1. The van der Waals surface area contributed by atoms with Crippen LogP contribution in [0.3, 0.4) is 0 Å². The van der Waals surface area contributed by atoms with Gasteiger partial charge in [0.25, 0.3) is 5.91 Å². The average molecular weight is 472 g/mol. The number of amides is 3. The predicted octanol–water partition coefficient (Wildman–Crippen LogP) is 5.71. The molecular formula is C28H29N3O4. The van der Waals surface area contributed by atoms with Crippen molar-refractivity contribution in [3.05, 3.63) is 78.4 Å². The first-order chi connectivity index (χ1) is 16.7. The minimum Gasteiger partial charge on any atom is -0.446 e. The van der Waals surface area contributed by atoms with Gasteiger partial charge in [-0.2, -0.15) is 0 Å². The van der Waals surface area contributed by atoms with Crippen molar-refractivity contribution in [3.63, 3.8) is 0 Å². The van der Waals surface area contributed by atoms with E-state index in [0.29, 0.717) is 23.5 Å². The molecule has 0 spiro atoms. The lowest BCUT2D eigenvalue weighted by molar-refractivity contribution is -0.117. The second-order valence-electron chi connectivity index (χ2n) is 8.88. The zero-order valence-corrected chi connectivity index (χ0v) is 20.3. The molecule has 0 saturated carbocycles. The summed E-state index contributed by atoms with van der Waals surface area (Å²) in [6.07, 6.45) is -0.703. The smallest absolute Gasteiger partial charge is 0.414 e. The lowest BCUT2D eigenvalue weighted by Crippen LogP contribution is -2.51. The number of ether oxygens (including phenoxy) is 1. The molecule has 3 amide bonds. The van der Waals surface area contributed by atoms with Crippen molar-refractivity contribution in [2.24, 2.45) is 0 Å². The van der Waals surface area contributed by atoms with Gasteiger partial charge in [-0.05, 0) is 68.3 Å². The molecule has 1 aliphatic rings. The molecular weight excluding hydrogens is 442 g/mol. The van der Waals surface area contributed by atoms with E-state index in [1.807, 2.05) is 67.6 Å². The third kappa shape index (κ3) is 5.19. The van der Waals surface area contributed by atoms with Crippen LogP contribution < -0.4 is 15.1 Å². The van der Waals surface area contributed by atoms with Crippen LogP contribution in [0.4, 0.5) is 21.9 Å². The van der Waals surface area contributed by atoms with Gasteiger partial charge in [-0.25, -0.2) is 4.79 Å². The number of rotatable bonds is 4. The molecule has 0 aromatic heterocycles. The number of benzene rings is 3. The first-order valence-corrected chi connectivity index (χ1v) is 11.6. The summed E-state index contributed by atoms with van der Waals surface area (Å²) in [4.78, 5) is 41.1. The summed E-state index contributed by atoms with van der Waals surface area (Å²) in [5, 5.41) is 2.88. The highest BCUT2D eigenvalue weighted by atomic mass is 16.6. The van der Waals surface area contributed by atoms with Crippen LogP contribution in [-0.4, -0.2) is 36.6 Å². The molecule has 0 bridgehead atoms. The quantitative estimate of drug-likeness (QED) is 0.528. The Balaban J connectivity index is 1.64. The van der Waals surface area contributed by atoms with Gasteiger partial charge in [-0.1, -0.05) is 36.4 Å². The minimum absolute atomic E-state index is 0.0860. The van der Waals surface area contributed by atoms with Gasteiger partial charge in [0.1, 0.15) is 0 Å². The van der Waals surface area contributed by atoms with Crippen molar-refractivity contribution in [3.8, 4) is 11.1 Å². The summed E-state index contributed by atoms with van der Waals surface area (Å²) in [6, 6.07) is 22.0. The number of fused-ring (bicyclic) bond motifs is 1. The second-order valence-corrected chi connectivity index (χ2v) is 8.88. The van der Waals surface area contributed by atoms with Gasteiger partial charge in [0.2, 0.25) is 5.91 Å². The van der Waals surface area contributed by atoms with E-state index in [1.165, 1.54) is 6.92 Å². The summed E-state index contributed by atoms with van der Waals surface area (Å²) in [5.74, 6) is -0.279. The summed E-state index contributed by atoms with van der Waals surface area (Å²) in [5.41, 5.74) is 4.29. The molecule has 1 atom stereocenters. The molecule has 3 aromatic carbocycles. The maximum Gasteiger partial charge on any atom is 0.414 e. The minimum atomic E-state index is -0.443. The molecule has 0 aliphatic carbocycles. The van der Waals surface area contributed by atoms with Crippen molar-refractivity contribution in [1.82, 2.24) is 0 Å². The molecule has 7 heteroatoms. The van der Waals surface area contributed by atoms with Gasteiger partial charge in [-0.15, -0.1) is 0 Å². The monoisotopic (exact) mass is 471 g/mol. The predicted molar refractivity (Wildman–Crippen MR) is 138 cm³/mol. The number of para-hydroxylation sites is 1. The SMILES string of the molecule is CC(=O)N1c2ccc(-c3ccc(C(=O)Nc4ccccc4)cc3)cc2N(C(=O)OC(C)C)C[C@@H]1C. The third-order valence-electron chi connectivity index (χ3n) is 5.82. The van der Waals surface area contributed by atoms with Crippen molar-refractivity contribution in [2.45, 2.75) is 39.8 Å². The lowest BCUT2D eigenvalue weighted by Gasteiger charge is -2.40. The molecule has 35 heavy (non-hydrogen) atoms. The number of nitrogens with zero attached hydrogens (tertiary/aromatic N) is 2. The van der Waals surface area contributed by atoms with E-state index < -0.39 is 6.09 Å². The standard InChI is InChI=1S/C28H29N3O4/c1-18(2)35-28(34)30-17-19(3)31(20(4)32)25-15-14-23(16-26(25)30)21-10-12-22(13-11-21)27(33)29-24-8-6-5-7-9-24/h5-16,18-19H,17H2,1-4H3,(H,29,33)/t19-/m0/s1. The lowest BCUT2D eigenvalue weighted by atomic mass is 9.99. The molecule has 1 aliphatic heterocycles. The fourth-order valence-corrected chi connectivity index (χ4v) is 4.26. The fourth-order valence-electron chi connectivity index (χ4n) is 4.26. The molecule has 1 heterocycles. The Morgan fingerprint density at radius 2 is 1.57 bits per heavy atom. The highest BCUT2D eigenvalue weighted by Crippen LogP contribution is 2.39. The van der Waals surface area contributed by atoms with E-state index in [-0.39, 0.29) is 24.0 Å². The number of carbonyl (C=O) groups is 3. The molecule has 0 saturated heterocycles. The normalized spacial score (nSPS) is 14.9. The van der Waals surface area contributed by atoms with Crippen molar-refractivity contribution in [2.75, 3.05) is 21.7 Å². The Hall–Kier alpha value is -4.13. The average Bonchev–Trinajstić information content (AvgIpc) is 2.83. The molecule has 1 N–H and O–H groups in total. The molecule has 0 radical (unpaired) electrons. The van der Waals surface area contributed by atoms with Gasteiger partial charge < -0.3 is 15.0 Å². The molecule has 7 nitrogen and oxygen atoms in total. The molecule has 3 aromatic rings. The van der Waals surface area contributed by atoms with E-state index in [2.05, 4.69) is 5.32 Å². The highest BCUT2D eigenvalue weighted by Gasteiger charge is 2.34. The van der Waals surface area contributed by atoms with Gasteiger partial charge in [0.15, 0.2) is 0 Å². The van der Waals surface area contributed by atoms with E-state index in [4.69, 9.17) is 4.74 Å². The van der Waals surface area contributed by atoms with Crippen LogP contribution in [-0.2, 0) is 9.53 Å². The Labute approximate surface area is 205 Å². The first-order valence-electron chi connectivity index (χ1n) is 11.6. The second kappa shape index (κ2) is 10.0. The van der Waals surface area contributed by atoms with Crippen molar-refractivity contribution < 1.29 is 19.1 Å². The summed E-state index contributed by atoms with van der Waals surface area (Å²) < 4.78 is 5.47. The summed E-state index contributed by atoms with van der Waals surface area (Å²) >= 11 is 0. The maximum absolute atomic E-state index is 12.9. The number of carbonyl (C=O) groups excluding carboxylic acids is 3. The number of anilines is 3. The zero-order valence-electron chi connectivity index (χ0n) is 20.3. The third-order valence-corrected chi connectivity index (χ3v) is 5.82. The van der Waals surface area contributed by atoms with Crippen LogP contribution in [0, 0.1) is 0 Å². The van der Waals surface area contributed by atoms with E-state index in [9.17, 15) is 14.4 Å². The van der Waals surface area contributed by atoms with Gasteiger partial charge in [-0.3, -0.25) is 14.5 Å². The Morgan fingerprint density at radius 3 is 2.20 bits per heavy atom. The molecule has 0 fully saturated rings. The number of nitrogens with one attached hydrogen (secondary N) is 1. The van der Waals surface area contributed by atoms with Gasteiger partial charge in [0, 0.05) is 24.7 Å². The van der Waals surface area contributed by atoms with Crippen LogP contribution >= 0.6 is 0 Å². The van der Waals surface area contributed by atoms with E-state index in [0.717, 1.165) is 16.8 Å². The Bertz CT molecular complexity index is 1240. The van der Waals surface area contributed by atoms with Crippen molar-refractivity contribution in [1.29, 1.82) is 0 Å². The topological polar surface area (TPSA) is 79.0 Å². The van der Waals surface area contributed by atoms with Crippen LogP contribution in [0.15, 0.2) is 72.8 Å². The Kier molecular flexibility index (Phi) is 6.87. The van der Waals surface area contributed by atoms with Crippen LogP contribution in [0.1, 0.15) is 38.1 Å². The molecule has 4 rings (SSSR count). The first kappa shape index (κ1) is 24.0. The molecule has 180 valence electrons. The fraction of sp³-hybridized carbons (Fsp3) is 0.250. The summed E-state index contributed by atoms with van der Waals surface area (Å²) in [6.45, 7) is 7.38. The maximum atomic E-state index is 12.9.